The second-order valence-corrected chi connectivity index (χ2v) is 6.64. The first kappa shape index (κ1) is 16.0. The number of rotatable bonds is 3. The molecule has 0 fully saturated rings. The van der Waals surface area contributed by atoms with Gasteiger partial charge in [0.25, 0.3) is 5.56 Å². The number of nitrogens with two attached hydrogens (primary N) is 1. The molecule has 3 rings (SSSR count). The van der Waals surface area contributed by atoms with E-state index >= 15 is 0 Å². The highest BCUT2D eigenvalue weighted by molar-refractivity contribution is 5.41. The Hall–Kier alpha value is -1.87. The Morgan fingerprint density at radius 2 is 1.83 bits per heavy atom. The van der Waals surface area contributed by atoms with Crippen molar-refractivity contribution in [1.29, 1.82) is 0 Å². The highest BCUT2D eigenvalue weighted by Gasteiger charge is 2.19. The molecule has 1 unspecified atom stereocenters. The van der Waals surface area contributed by atoms with Gasteiger partial charge >= 0.3 is 0 Å². The molecule has 0 radical (unpaired) electrons. The smallest absolute Gasteiger partial charge is 0.256 e. The molecule has 1 aliphatic carbocycles. The van der Waals surface area contributed by atoms with Crippen molar-refractivity contribution in [1.82, 2.24) is 4.57 Å². The van der Waals surface area contributed by atoms with Crippen molar-refractivity contribution in [2.45, 2.75) is 59.0 Å². The maximum atomic E-state index is 12.8. The third-order valence-electron chi connectivity index (χ3n) is 5.11. The molecular formula is C20H26N2O. The first-order chi connectivity index (χ1) is 11.0. The monoisotopic (exact) mass is 310 g/mol. The molecule has 0 spiro atoms. The molecule has 1 heterocycles. The Balaban J connectivity index is 2.07. The van der Waals surface area contributed by atoms with E-state index in [-0.39, 0.29) is 11.6 Å². The maximum Gasteiger partial charge on any atom is 0.256 e. The molecule has 1 aliphatic rings. The second kappa shape index (κ2) is 6.32. The highest BCUT2D eigenvalue weighted by Crippen LogP contribution is 2.27. The normalized spacial score (nSPS) is 15.3. The van der Waals surface area contributed by atoms with Crippen molar-refractivity contribution in [3.63, 3.8) is 0 Å². The summed E-state index contributed by atoms with van der Waals surface area (Å²) >= 11 is 0. The minimum Gasteiger partial charge on any atom is -0.320 e. The van der Waals surface area contributed by atoms with E-state index in [4.69, 9.17) is 5.73 Å². The zero-order valence-electron chi connectivity index (χ0n) is 14.4. The number of benzene rings is 1. The Morgan fingerprint density at radius 3 is 2.52 bits per heavy atom. The third-order valence-corrected chi connectivity index (χ3v) is 5.11. The number of nitrogens with zero attached hydrogens (tertiary/aromatic N) is 1. The van der Waals surface area contributed by atoms with Gasteiger partial charge in [-0.25, -0.2) is 0 Å². The molecule has 1 aromatic carbocycles. The SMILES string of the molecule is CCn1c(C)cc(C)c(C(N)c2ccc3c(c2)CCCC3)c1=O. The van der Waals surface area contributed by atoms with Gasteiger partial charge in [0, 0.05) is 17.8 Å². The summed E-state index contributed by atoms with van der Waals surface area (Å²) in [5, 5.41) is 0. The predicted octanol–water partition coefficient (Wildman–Crippen LogP) is 3.41. The lowest BCUT2D eigenvalue weighted by Crippen LogP contribution is -2.31. The first-order valence-corrected chi connectivity index (χ1v) is 8.61. The Bertz CT molecular complexity index is 789. The van der Waals surface area contributed by atoms with E-state index < -0.39 is 0 Å². The van der Waals surface area contributed by atoms with Crippen LogP contribution in [0, 0.1) is 13.8 Å². The van der Waals surface area contributed by atoms with Crippen LogP contribution < -0.4 is 11.3 Å². The lowest BCUT2D eigenvalue weighted by atomic mass is 9.87. The molecule has 0 saturated heterocycles. The fourth-order valence-corrected chi connectivity index (χ4v) is 3.83. The van der Waals surface area contributed by atoms with E-state index in [1.165, 1.54) is 24.0 Å². The van der Waals surface area contributed by atoms with E-state index in [1.807, 2.05) is 20.8 Å². The van der Waals surface area contributed by atoms with Crippen LogP contribution in [0.25, 0.3) is 0 Å². The van der Waals surface area contributed by atoms with E-state index in [0.717, 1.165) is 35.2 Å². The van der Waals surface area contributed by atoms with Gasteiger partial charge in [-0.2, -0.15) is 0 Å². The lowest BCUT2D eigenvalue weighted by Gasteiger charge is -2.21. The number of aryl methyl sites for hydroxylation is 4. The summed E-state index contributed by atoms with van der Waals surface area (Å²) in [5.74, 6) is 0. The molecule has 23 heavy (non-hydrogen) atoms. The molecule has 2 aromatic rings. The van der Waals surface area contributed by atoms with Crippen molar-refractivity contribution in [3.8, 4) is 0 Å². The molecular weight excluding hydrogens is 284 g/mol. The van der Waals surface area contributed by atoms with Crippen LogP contribution in [0.4, 0.5) is 0 Å². The predicted molar refractivity (Wildman–Crippen MR) is 95.0 cm³/mol. The van der Waals surface area contributed by atoms with Crippen molar-refractivity contribution in [2.24, 2.45) is 5.73 Å². The van der Waals surface area contributed by atoms with Crippen molar-refractivity contribution in [2.75, 3.05) is 0 Å². The van der Waals surface area contributed by atoms with Crippen LogP contribution in [0.5, 0.6) is 0 Å². The quantitative estimate of drug-likeness (QED) is 0.944. The topological polar surface area (TPSA) is 48.0 Å². The molecule has 2 N–H and O–H groups in total. The summed E-state index contributed by atoms with van der Waals surface area (Å²) in [7, 11) is 0. The van der Waals surface area contributed by atoms with Crippen molar-refractivity contribution >= 4 is 0 Å². The van der Waals surface area contributed by atoms with E-state index in [1.54, 1.807) is 4.57 Å². The van der Waals surface area contributed by atoms with Crippen LogP contribution in [0.15, 0.2) is 29.1 Å². The number of pyridine rings is 1. The summed E-state index contributed by atoms with van der Waals surface area (Å²) in [5.41, 5.74) is 13.2. The Morgan fingerprint density at radius 1 is 1.13 bits per heavy atom. The average Bonchev–Trinajstić information content (AvgIpc) is 2.54. The summed E-state index contributed by atoms with van der Waals surface area (Å²) < 4.78 is 1.81. The number of fused-ring (bicyclic) bond motifs is 1. The molecule has 122 valence electrons. The Kier molecular flexibility index (Phi) is 4.40. The molecule has 1 atom stereocenters. The minimum atomic E-state index is -0.354. The van der Waals surface area contributed by atoms with E-state index in [2.05, 4.69) is 24.3 Å². The van der Waals surface area contributed by atoms with Gasteiger partial charge < -0.3 is 10.3 Å². The maximum absolute atomic E-state index is 12.8. The minimum absolute atomic E-state index is 0.0511. The van der Waals surface area contributed by atoms with Crippen LogP contribution in [0.2, 0.25) is 0 Å². The fourth-order valence-electron chi connectivity index (χ4n) is 3.83. The number of hydrogen-bond acceptors (Lipinski definition) is 2. The summed E-state index contributed by atoms with van der Waals surface area (Å²) in [6, 6.07) is 8.23. The molecule has 0 saturated carbocycles. The summed E-state index contributed by atoms with van der Waals surface area (Å²) in [4.78, 5) is 12.8. The van der Waals surface area contributed by atoms with E-state index in [9.17, 15) is 4.79 Å². The standard InChI is InChI=1S/C20H26N2O/c1-4-22-14(3)11-13(2)18(20(22)23)19(21)17-10-9-15-7-5-6-8-16(15)12-17/h9-12,19H,4-8,21H2,1-3H3. The van der Waals surface area contributed by atoms with Gasteiger partial charge in [0.05, 0.1) is 6.04 Å². The van der Waals surface area contributed by atoms with Gasteiger partial charge in [-0.05, 0) is 74.8 Å². The van der Waals surface area contributed by atoms with Crippen LogP contribution in [0.3, 0.4) is 0 Å². The second-order valence-electron chi connectivity index (χ2n) is 6.64. The number of hydrogen-bond donors (Lipinski definition) is 1. The molecule has 0 amide bonds. The molecule has 1 aromatic heterocycles. The van der Waals surface area contributed by atoms with Crippen LogP contribution >= 0.6 is 0 Å². The van der Waals surface area contributed by atoms with Gasteiger partial charge in [0.15, 0.2) is 0 Å². The zero-order valence-corrected chi connectivity index (χ0v) is 14.4. The lowest BCUT2D eigenvalue weighted by molar-refractivity contribution is 0.670. The van der Waals surface area contributed by atoms with Gasteiger partial charge in [0.1, 0.15) is 0 Å². The fraction of sp³-hybridized carbons (Fsp3) is 0.450. The molecule has 3 heteroatoms. The van der Waals surface area contributed by atoms with E-state index in [0.29, 0.717) is 6.54 Å². The largest absolute Gasteiger partial charge is 0.320 e. The van der Waals surface area contributed by atoms with Gasteiger partial charge in [-0.1, -0.05) is 18.2 Å². The van der Waals surface area contributed by atoms with Gasteiger partial charge in [0.2, 0.25) is 0 Å². The molecule has 0 aliphatic heterocycles. The summed E-state index contributed by atoms with van der Waals surface area (Å²) in [6.07, 6.45) is 4.81. The van der Waals surface area contributed by atoms with Crippen molar-refractivity contribution < 1.29 is 0 Å². The highest BCUT2D eigenvalue weighted by atomic mass is 16.1. The Labute approximate surface area is 138 Å². The molecule has 0 bridgehead atoms. The third kappa shape index (κ3) is 2.86. The van der Waals surface area contributed by atoms with Gasteiger partial charge in [-0.3, -0.25) is 4.79 Å². The van der Waals surface area contributed by atoms with Gasteiger partial charge in [-0.15, -0.1) is 0 Å². The number of aromatic nitrogens is 1. The van der Waals surface area contributed by atoms with Crippen LogP contribution in [0.1, 0.15) is 59.3 Å². The zero-order chi connectivity index (χ0) is 16.6. The molecule has 3 nitrogen and oxygen atoms in total. The van der Waals surface area contributed by atoms with Crippen LogP contribution in [-0.4, -0.2) is 4.57 Å². The average molecular weight is 310 g/mol. The summed E-state index contributed by atoms with van der Waals surface area (Å²) in [6.45, 7) is 6.64. The first-order valence-electron chi connectivity index (χ1n) is 8.61. The van der Waals surface area contributed by atoms with Crippen LogP contribution in [-0.2, 0) is 19.4 Å². The van der Waals surface area contributed by atoms with Crippen molar-refractivity contribution in [3.05, 3.63) is 68.1 Å².